The van der Waals surface area contributed by atoms with E-state index in [4.69, 9.17) is 16.6 Å². The number of halogens is 1. The van der Waals surface area contributed by atoms with E-state index in [1.165, 1.54) is 23.8 Å². The number of anilines is 1. The number of carbonyl (C=O) groups excluding carboxylic acids is 2. The van der Waals surface area contributed by atoms with Crippen molar-refractivity contribution in [2.24, 2.45) is 0 Å². The van der Waals surface area contributed by atoms with Crippen LogP contribution in [0.1, 0.15) is 26.7 Å². The van der Waals surface area contributed by atoms with E-state index in [-0.39, 0.29) is 50.7 Å². The van der Waals surface area contributed by atoms with E-state index in [9.17, 15) is 9.59 Å². The van der Waals surface area contributed by atoms with Crippen LogP contribution >= 0.6 is 38.0 Å². The van der Waals surface area contributed by atoms with Gasteiger partial charge in [-0.05, 0) is 40.9 Å². The summed E-state index contributed by atoms with van der Waals surface area (Å²) in [6.45, 7) is 0.640. The van der Waals surface area contributed by atoms with Gasteiger partial charge in [0.05, 0.1) is 35.8 Å². The number of amides is 1. The van der Waals surface area contributed by atoms with E-state index in [1.807, 2.05) is 12.1 Å². The van der Waals surface area contributed by atoms with Gasteiger partial charge in [0.1, 0.15) is 6.23 Å². The number of benzene rings is 1. The molecule has 4 aliphatic heterocycles. The third kappa shape index (κ3) is 4.71. The van der Waals surface area contributed by atoms with Gasteiger partial charge in [0.2, 0.25) is 7.34 Å². The van der Waals surface area contributed by atoms with Crippen molar-refractivity contribution < 1.29 is 29.9 Å². The Kier molecular flexibility index (Phi) is 7.25. The Morgan fingerprint density at radius 3 is 2.97 bits per heavy atom. The first-order chi connectivity index (χ1) is 15.5. The van der Waals surface area contributed by atoms with E-state index in [2.05, 4.69) is 37.8 Å². The minimum absolute atomic E-state index is 0. The van der Waals surface area contributed by atoms with Gasteiger partial charge in [-0.2, -0.15) is 13.5 Å². The number of ether oxygens (including phenoxy) is 1. The van der Waals surface area contributed by atoms with Crippen LogP contribution in [-0.4, -0.2) is 61.3 Å². The van der Waals surface area contributed by atoms with E-state index in [0.29, 0.717) is 17.5 Å². The molecule has 2 saturated heterocycles. The Labute approximate surface area is 200 Å². The van der Waals surface area contributed by atoms with Crippen molar-refractivity contribution in [3.05, 3.63) is 40.5 Å². The number of allylic oxidation sites excluding steroid dienone is 1. The van der Waals surface area contributed by atoms with Crippen LogP contribution in [0.25, 0.3) is 0 Å². The molecule has 3 unspecified atom stereocenters. The molecule has 0 aromatic heterocycles. The molecule has 0 bridgehead atoms. The zero-order valence-corrected chi connectivity index (χ0v) is 20.4. The second-order valence-electron chi connectivity index (χ2n) is 7.25. The molecular weight excluding hydrogens is 507 g/mol. The molecule has 1 aromatic rings. The predicted molar refractivity (Wildman–Crippen MR) is 125 cm³/mol. The lowest BCUT2D eigenvalue weighted by atomic mass is 10.1. The van der Waals surface area contributed by atoms with Crippen LogP contribution in [0.3, 0.4) is 0 Å². The van der Waals surface area contributed by atoms with Gasteiger partial charge in [-0.3, -0.25) is 14.5 Å². The van der Waals surface area contributed by atoms with Crippen molar-refractivity contribution in [2.45, 2.75) is 50.6 Å². The van der Waals surface area contributed by atoms with Crippen LogP contribution in [0.5, 0.6) is 0 Å². The number of nitrogens with zero attached hydrogens (tertiary/aromatic N) is 2. The number of ketones is 1. The maximum absolute atomic E-state index is 12.3. The van der Waals surface area contributed by atoms with Gasteiger partial charge in [-0.25, -0.2) is 0 Å². The molecule has 1 N–H and O–H groups in total. The van der Waals surface area contributed by atoms with Crippen molar-refractivity contribution in [3.8, 4) is 0 Å². The van der Waals surface area contributed by atoms with E-state index < -0.39 is 20.9 Å². The van der Waals surface area contributed by atoms with Gasteiger partial charge >= 0.3 is 0 Å². The molecule has 8 nitrogen and oxygen atoms in total. The molecular formula is C20H26BrN2O6PS. The molecule has 4 aliphatic rings. The zero-order valence-electron chi connectivity index (χ0n) is 18.9. The zero-order chi connectivity index (χ0) is 22.8. The van der Waals surface area contributed by atoms with Crippen molar-refractivity contribution in [1.29, 1.82) is 1.43 Å². The Balaban J connectivity index is 0.000000728. The quantitative estimate of drug-likeness (QED) is 0.470. The average Bonchev–Trinajstić information content (AvgIpc) is 3.45. The van der Waals surface area contributed by atoms with Gasteiger partial charge in [0.25, 0.3) is 8.53 Å². The lowest BCUT2D eigenvalue weighted by Crippen LogP contribution is -2.40. The first-order valence-electron chi connectivity index (χ1n) is 10.7. The van der Waals surface area contributed by atoms with Crippen LogP contribution in [0.2, 0.25) is 0 Å². The third-order valence-corrected chi connectivity index (χ3v) is 7.79. The Hall–Kier alpha value is -1.00. The minimum atomic E-state index is -1.29. The fourth-order valence-corrected chi connectivity index (χ4v) is 6.20. The van der Waals surface area contributed by atoms with Crippen LogP contribution in [0.4, 0.5) is 5.69 Å². The number of aliphatic hydroxyl groups is 1. The van der Waals surface area contributed by atoms with Crippen LogP contribution in [0, 0.1) is 0 Å². The van der Waals surface area contributed by atoms with Gasteiger partial charge in [0.15, 0.2) is 5.78 Å². The Morgan fingerprint density at radius 2 is 2.19 bits per heavy atom. The monoisotopic (exact) mass is 535 g/mol. The van der Waals surface area contributed by atoms with E-state index >= 15 is 0 Å². The molecule has 5 atom stereocenters. The van der Waals surface area contributed by atoms with Gasteiger partial charge in [-0.15, -0.1) is 0 Å². The normalized spacial score (nSPS) is 32.3. The molecule has 0 saturated carbocycles. The number of carbonyl (C=O) groups is 2. The van der Waals surface area contributed by atoms with Crippen molar-refractivity contribution in [1.82, 2.24) is 4.90 Å². The maximum atomic E-state index is 12.3. The molecule has 5 rings (SSSR count). The second kappa shape index (κ2) is 10.3. The second-order valence-corrected chi connectivity index (χ2v) is 9.48. The third-order valence-electron chi connectivity index (χ3n) is 5.43. The molecule has 31 heavy (non-hydrogen) atoms. The highest BCUT2D eigenvalue weighted by Crippen LogP contribution is 2.58. The van der Waals surface area contributed by atoms with Gasteiger partial charge in [0, 0.05) is 26.8 Å². The SMILES string of the molecule is S.[2H]CC1OC(N2C=C(Br)C(=O)CC2=O)CC1O[P@@]1OC[C@@H]2Cc3ccccc3N21.[3H]OC. The number of para-hydroxylation sites is 1. The summed E-state index contributed by atoms with van der Waals surface area (Å²) in [5.41, 5.74) is 2.45. The lowest BCUT2D eigenvalue weighted by Gasteiger charge is -2.28. The molecule has 1 amide bonds. The fraction of sp³-hybridized carbons (Fsp3) is 0.500. The summed E-state index contributed by atoms with van der Waals surface area (Å²) >= 11 is 3.20. The largest absolute Gasteiger partial charge is 0.400 e. The Morgan fingerprint density at radius 1 is 1.42 bits per heavy atom. The van der Waals surface area contributed by atoms with Gasteiger partial charge in [-0.1, -0.05) is 18.2 Å². The average molecular weight is 536 g/mol. The minimum Gasteiger partial charge on any atom is -0.400 e. The summed E-state index contributed by atoms with van der Waals surface area (Å²) < 4.78 is 34.4. The smallest absolute Gasteiger partial charge is 0.290 e. The molecule has 4 heterocycles. The predicted octanol–water partition coefficient (Wildman–Crippen LogP) is 2.95. The molecule has 0 radical (unpaired) electrons. The van der Waals surface area contributed by atoms with E-state index in [0.717, 1.165) is 12.1 Å². The summed E-state index contributed by atoms with van der Waals surface area (Å²) in [7, 11) is 0.000387. The number of aliphatic hydroxyl groups excluding tert-OH is 1. The highest BCUT2D eigenvalue weighted by atomic mass is 79.9. The molecule has 11 heteroatoms. The summed E-state index contributed by atoms with van der Waals surface area (Å²) in [6.07, 6.45) is 1.31. The van der Waals surface area contributed by atoms with Crippen molar-refractivity contribution in [2.75, 3.05) is 18.4 Å². The maximum Gasteiger partial charge on any atom is 0.290 e. The highest BCUT2D eigenvalue weighted by Gasteiger charge is 2.47. The number of Topliss-reactive ketones (excluding diaryl/α,β-unsaturated/α-hetero) is 1. The van der Waals surface area contributed by atoms with Crippen molar-refractivity contribution >= 4 is 55.3 Å². The Bertz CT molecular complexity index is 915. The lowest BCUT2D eigenvalue weighted by molar-refractivity contribution is -0.142. The number of rotatable bonds is 3. The number of fused-ring (bicyclic) bond motifs is 3. The molecule has 0 aliphatic carbocycles. The van der Waals surface area contributed by atoms with Crippen LogP contribution < -0.4 is 4.67 Å². The molecule has 170 valence electrons. The summed E-state index contributed by atoms with van der Waals surface area (Å²) in [6, 6.07) is 8.56. The number of hydrogen-bond acceptors (Lipinski definition) is 7. The standard InChI is InChI=1S/C19H20BrN2O5P.CH4O.H2S/c1-11-17(8-19(26-11)21-9-14(20)16(23)7-18(21)24)27-28-22-13(10-25-28)6-12-4-2-3-5-15(12)22;1-2;/h2-5,9,11,13,17,19H,6-8,10H2,1H3;2H,1H3;1H2/t11?,13-,17?,19?,28+;;/m0../s1/i1D;2T;. The van der Waals surface area contributed by atoms with Gasteiger partial charge < -0.3 is 23.6 Å². The van der Waals surface area contributed by atoms with Crippen molar-refractivity contribution in [3.63, 3.8) is 0 Å². The summed E-state index contributed by atoms with van der Waals surface area (Å²) in [5, 5.41) is 3.50. The number of hydrogen-bond donors (Lipinski definition) is 1. The topological polar surface area (TPSA) is 88.5 Å². The fourth-order valence-electron chi connectivity index (χ4n) is 4.01. The van der Waals surface area contributed by atoms with Crippen LogP contribution in [0.15, 0.2) is 34.9 Å². The van der Waals surface area contributed by atoms with Crippen LogP contribution in [-0.2, 0) is 29.8 Å². The molecule has 1 aromatic carbocycles. The first kappa shape index (κ1) is 21.8. The molecule has 0 spiro atoms. The first-order valence-corrected chi connectivity index (χ1v) is 11.5. The highest BCUT2D eigenvalue weighted by molar-refractivity contribution is 9.12. The molecule has 2 fully saturated rings. The summed E-state index contributed by atoms with van der Waals surface area (Å²) in [5.74, 6) is -0.542. The summed E-state index contributed by atoms with van der Waals surface area (Å²) in [4.78, 5) is 25.5. The van der Waals surface area contributed by atoms with E-state index in [1.54, 1.807) is 0 Å².